The fourth-order valence-electron chi connectivity index (χ4n) is 3.66. The van der Waals surface area contributed by atoms with Gasteiger partial charge in [0.25, 0.3) is 5.69 Å². The molecule has 0 saturated carbocycles. The molecule has 0 spiro atoms. The van der Waals surface area contributed by atoms with E-state index in [2.05, 4.69) is 14.5 Å². The van der Waals surface area contributed by atoms with Crippen molar-refractivity contribution in [2.24, 2.45) is 0 Å². The zero-order valence-corrected chi connectivity index (χ0v) is 14.4. The fraction of sp³-hybridized carbons (Fsp3) is 0.500. The summed E-state index contributed by atoms with van der Waals surface area (Å²) >= 11 is 0. The molecule has 7 nitrogen and oxygen atoms in total. The molecule has 0 amide bonds. The number of hydrogen-bond donors (Lipinski definition) is 0. The van der Waals surface area contributed by atoms with Crippen molar-refractivity contribution in [1.82, 2.24) is 4.90 Å². The summed E-state index contributed by atoms with van der Waals surface area (Å²) in [6.07, 6.45) is 6.33. The van der Waals surface area contributed by atoms with Crippen LogP contribution in [-0.4, -0.2) is 55.1 Å². The van der Waals surface area contributed by atoms with E-state index in [0.717, 1.165) is 32.6 Å². The molecule has 0 aliphatic carbocycles. The third-order valence-corrected chi connectivity index (χ3v) is 4.97. The highest BCUT2D eigenvalue weighted by atomic mass is 16.6. The Labute approximate surface area is 147 Å². The molecule has 7 heteroatoms. The summed E-state index contributed by atoms with van der Waals surface area (Å²) in [5.74, 6) is -0.486. The van der Waals surface area contributed by atoms with E-state index in [-0.39, 0.29) is 10.6 Å². The highest BCUT2D eigenvalue weighted by Gasteiger charge is 2.32. The van der Waals surface area contributed by atoms with Gasteiger partial charge in [-0.05, 0) is 50.1 Å². The molecule has 1 aromatic rings. The summed E-state index contributed by atoms with van der Waals surface area (Å²) < 4.78 is 4.54. The van der Waals surface area contributed by atoms with Crippen molar-refractivity contribution >= 4 is 23.4 Å². The standard InChI is InChI=1S/C18H23N3O4/c1-25-18(22)7-5-14-4-6-16(17(12-14)21(23)24)20-11-8-15(13-20)19-9-2-3-10-19/h4-7,12,15H,2-3,8-11,13H2,1H3/b7-5+. The Bertz CT molecular complexity index is 683. The van der Waals surface area contributed by atoms with Crippen LogP contribution in [0.25, 0.3) is 6.08 Å². The lowest BCUT2D eigenvalue weighted by Gasteiger charge is -2.24. The Kier molecular flexibility index (Phi) is 5.33. The van der Waals surface area contributed by atoms with Crippen LogP contribution in [0, 0.1) is 10.1 Å². The minimum atomic E-state index is -0.486. The minimum absolute atomic E-state index is 0.0779. The van der Waals surface area contributed by atoms with Crippen molar-refractivity contribution in [3.63, 3.8) is 0 Å². The van der Waals surface area contributed by atoms with Gasteiger partial charge in [-0.3, -0.25) is 15.0 Å². The molecule has 2 heterocycles. The second kappa shape index (κ2) is 7.65. The van der Waals surface area contributed by atoms with Crippen LogP contribution in [0.3, 0.4) is 0 Å². The normalized spacial score (nSPS) is 21.2. The minimum Gasteiger partial charge on any atom is -0.466 e. The van der Waals surface area contributed by atoms with E-state index in [1.54, 1.807) is 12.1 Å². The quantitative estimate of drug-likeness (QED) is 0.353. The molecule has 25 heavy (non-hydrogen) atoms. The van der Waals surface area contributed by atoms with E-state index >= 15 is 0 Å². The Morgan fingerprint density at radius 1 is 1.32 bits per heavy atom. The number of nitro benzene ring substituents is 1. The number of nitrogens with zero attached hydrogens (tertiary/aromatic N) is 3. The Hall–Kier alpha value is -2.41. The summed E-state index contributed by atoms with van der Waals surface area (Å²) in [7, 11) is 1.29. The number of rotatable bonds is 5. The van der Waals surface area contributed by atoms with Crippen molar-refractivity contribution in [3.05, 3.63) is 40.0 Å². The van der Waals surface area contributed by atoms with Gasteiger partial charge in [-0.15, -0.1) is 0 Å². The number of benzene rings is 1. The third kappa shape index (κ3) is 3.99. The summed E-state index contributed by atoms with van der Waals surface area (Å²) in [5, 5.41) is 11.5. The number of esters is 1. The van der Waals surface area contributed by atoms with Crippen LogP contribution in [0.2, 0.25) is 0 Å². The van der Waals surface area contributed by atoms with Crippen LogP contribution in [0.5, 0.6) is 0 Å². The Balaban J connectivity index is 1.78. The molecule has 2 fully saturated rings. The predicted octanol–water partition coefficient (Wildman–Crippen LogP) is 2.46. The van der Waals surface area contributed by atoms with Crippen molar-refractivity contribution in [2.45, 2.75) is 25.3 Å². The average Bonchev–Trinajstić information content (AvgIpc) is 3.30. The van der Waals surface area contributed by atoms with Gasteiger partial charge < -0.3 is 9.64 Å². The number of methoxy groups -OCH3 is 1. The number of hydrogen-bond acceptors (Lipinski definition) is 6. The van der Waals surface area contributed by atoms with Crippen molar-refractivity contribution < 1.29 is 14.5 Å². The molecule has 1 aromatic carbocycles. The van der Waals surface area contributed by atoms with E-state index in [0.29, 0.717) is 17.3 Å². The highest BCUT2D eigenvalue weighted by molar-refractivity contribution is 5.87. The average molecular weight is 345 g/mol. The highest BCUT2D eigenvalue weighted by Crippen LogP contribution is 2.33. The fourth-order valence-corrected chi connectivity index (χ4v) is 3.66. The summed E-state index contributed by atoms with van der Waals surface area (Å²) in [6, 6.07) is 5.57. The maximum Gasteiger partial charge on any atom is 0.330 e. The topological polar surface area (TPSA) is 75.9 Å². The largest absolute Gasteiger partial charge is 0.466 e. The van der Waals surface area contributed by atoms with Gasteiger partial charge in [0, 0.05) is 31.3 Å². The third-order valence-electron chi connectivity index (χ3n) is 4.97. The second-order valence-electron chi connectivity index (χ2n) is 6.49. The van der Waals surface area contributed by atoms with Crippen LogP contribution in [0.4, 0.5) is 11.4 Å². The van der Waals surface area contributed by atoms with Crippen molar-refractivity contribution in [3.8, 4) is 0 Å². The molecule has 2 saturated heterocycles. The van der Waals surface area contributed by atoms with E-state index in [1.807, 2.05) is 0 Å². The van der Waals surface area contributed by atoms with Gasteiger partial charge in [-0.25, -0.2) is 4.79 Å². The monoisotopic (exact) mass is 345 g/mol. The van der Waals surface area contributed by atoms with Crippen LogP contribution in [-0.2, 0) is 9.53 Å². The zero-order valence-electron chi connectivity index (χ0n) is 14.4. The van der Waals surface area contributed by atoms with E-state index in [4.69, 9.17) is 0 Å². The first kappa shape index (κ1) is 17.4. The number of carbonyl (C=O) groups is 1. The second-order valence-corrected chi connectivity index (χ2v) is 6.49. The molecule has 2 aliphatic heterocycles. The molecular weight excluding hydrogens is 322 g/mol. The van der Waals surface area contributed by atoms with Gasteiger partial charge in [-0.1, -0.05) is 6.07 Å². The number of carbonyl (C=O) groups excluding carboxylic acids is 1. The SMILES string of the molecule is COC(=O)/C=C/c1ccc(N2CCC(N3CCCC3)C2)c([N+](=O)[O-])c1. The Morgan fingerprint density at radius 3 is 2.76 bits per heavy atom. The molecule has 1 atom stereocenters. The molecule has 0 radical (unpaired) electrons. The first-order valence-electron chi connectivity index (χ1n) is 8.62. The van der Waals surface area contributed by atoms with Gasteiger partial charge in [0.1, 0.15) is 5.69 Å². The van der Waals surface area contributed by atoms with E-state index in [1.165, 1.54) is 38.2 Å². The molecular formula is C18H23N3O4. The smallest absolute Gasteiger partial charge is 0.330 e. The number of anilines is 1. The number of nitro groups is 1. The van der Waals surface area contributed by atoms with Gasteiger partial charge in [0.2, 0.25) is 0 Å². The van der Waals surface area contributed by atoms with Gasteiger partial charge in [-0.2, -0.15) is 0 Å². The lowest BCUT2D eigenvalue weighted by Crippen LogP contribution is -2.35. The van der Waals surface area contributed by atoms with Gasteiger partial charge in [0.15, 0.2) is 0 Å². The maximum atomic E-state index is 11.5. The maximum absolute atomic E-state index is 11.5. The first-order chi connectivity index (χ1) is 12.1. The molecule has 0 N–H and O–H groups in total. The molecule has 2 aliphatic rings. The molecule has 0 bridgehead atoms. The molecule has 134 valence electrons. The van der Waals surface area contributed by atoms with Gasteiger partial charge in [0.05, 0.1) is 12.0 Å². The van der Waals surface area contributed by atoms with E-state index < -0.39 is 5.97 Å². The lowest BCUT2D eigenvalue weighted by molar-refractivity contribution is -0.384. The summed E-state index contributed by atoms with van der Waals surface area (Å²) in [6.45, 7) is 3.94. The van der Waals surface area contributed by atoms with Crippen molar-refractivity contribution in [2.75, 3.05) is 38.2 Å². The first-order valence-corrected chi connectivity index (χ1v) is 8.62. The lowest BCUT2D eigenvalue weighted by atomic mass is 10.1. The molecule has 3 rings (SSSR count). The summed E-state index contributed by atoms with van der Waals surface area (Å²) in [5.41, 5.74) is 1.34. The van der Waals surface area contributed by atoms with Crippen LogP contribution < -0.4 is 4.90 Å². The van der Waals surface area contributed by atoms with Crippen molar-refractivity contribution in [1.29, 1.82) is 0 Å². The number of ether oxygens (including phenoxy) is 1. The molecule has 0 aromatic heterocycles. The number of likely N-dealkylation sites (tertiary alicyclic amines) is 1. The molecule has 1 unspecified atom stereocenters. The summed E-state index contributed by atoms with van der Waals surface area (Å²) in [4.78, 5) is 27.0. The zero-order chi connectivity index (χ0) is 17.8. The van der Waals surface area contributed by atoms with Crippen LogP contribution in [0.15, 0.2) is 24.3 Å². The van der Waals surface area contributed by atoms with Gasteiger partial charge >= 0.3 is 5.97 Å². The van der Waals surface area contributed by atoms with Crippen LogP contribution >= 0.6 is 0 Å². The predicted molar refractivity (Wildman–Crippen MR) is 95.6 cm³/mol. The van der Waals surface area contributed by atoms with E-state index in [9.17, 15) is 14.9 Å². The Morgan fingerprint density at radius 2 is 2.08 bits per heavy atom. The van der Waals surface area contributed by atoms with Crippen LogP contribution in [0.1, 0.15) is 24.8 Å².